The molecule has 0 aromatic carbocycles. The third kappa shape index (κ3) is 3.04. The lowest BCUT2D eigenvalue weighted by molar-refractivity contribution is 0.0674. The second kappa shape index (κ2) is 6.35. The van der Waals surface area contributed by atoms with Gasteiger partial charge in [-0.05, 0) is 19.1 Å². The molecule has 0 aliphatic carbocycles. The standard InChI is InChI=1S/C12H13N3O3/c1-2-15(8-4-6-13)11(16)10-9(12(17)18)5-3-7-14-10/h3,5,7H,2,4,8H2,1H3,(H,17,18). The van der Waals surface area contributed by atoms with E-state index in [0.29, 0.717) is 6.54 Å². The molecule has 0 saturated heterocycles. The second-order valence-corrected chi connectivity index (χ2v) is 3.50. The van der Waals surface area contributed by atoms with Crippen LogP contribution in [0.3, 0.4) is 0 Å². The number of aromatic nitrogens is 1. The number of aromatic carboxylic acids is 1. The molecule has 0 atom stereocenters. The molecule has 0 spiro atoms. The van der Waals surface area contributed by atoms with Gasteiger partial charge in [0.25, 0.3) is 5.91 Å². The predicted molar refractivity (Wildman–Crippen MR) is 63.0 cm³/mol. The third-order valence-electron chi connectivity index (χ3n) is 2.40. The lowest BCUT2D eigenvalue weighted by Crippen LogP contribution is -2.33. The number of amides is 1. The van der Waals surface area contributed by atoms with Crippen molar-refractivity contribution in [2.75, 3.05) is 13.1 Å². The average Bonchev–Trinajstić information content (AvgIpc) is 2.39. The van der Waals surface area contributed by atoms with Crippen LogP contribution in [0.25, 0.3) is 0 Å². The van der Waals surface area contributed by atoms with Crippen LogP contribution in [0.1, 0.15) is 34.2 Å². The van der Waals surface area contributed by atoms with Crippen molar-refractivity contribution in [3.8, 4) is 6.07 Å². The first-order valence-electron chi connectivity index (χ1n) is 5.46. The van der Waals surface area contributed by atoms with Crippen LogP contribution in [0.4, 0.5) is 0 Å². The first kappa shape index (κ1) is 13.6. The van der Waals surface area contributed by atoms with E-state index in [1.54, 1.807) is 6.92 Å². The van der Waals surface area contributed by atoms with Crippen LogP contribution in [0.5, 0.6) is 0 Å². The number of hydrogen-bond donors (Lipinski definition) is 1. The van der Waals surface area contributed by atoms with Crippen molar-refractivity contribution in [1.29, 1.82) is 5.26 Å². The number of carboxylic acids is 1. The Kier molecular flexibility index (Phi) is 4.81. The van der Waals surface area contributed by atoms with E-state index in [4.69, 9.17) is 10.4 Å². The molecule has 6 nitrogen and oxygen atoms in total. The molecule has 94 valence electrons. The average molecular weight is 247 g/mol. The molecule has 0 aliphatic heterocycles. The van der Waals surface area contributed by atoms with Crippen molar-refractivity contribution in [3.05, 3.63) is 29.6 Å². The molecule has 6 heteroatoms. The van der Waals surface area contributed by atoms with Gasteiger partial charge in [0, 0.05) is 19.3 Å². The molecule has 1 heterocycles. The Hall–Kier alpha value is -2.42. The van der Waals surface area contributed by atoms with Crippen molar-refractivity contribution in [2.45, 2.75) is 13.3 Å². The van der Waals surface area contributed by atoms with Crippen LogP contribution in [0.15, 0.2) is 18.3 Å². The summed E-state index contributed by atoms with van der Waals surface area (Å²) in [4.78, 5) is 28.3. The zero-order chi connectivity index (χ0) is 13.5. The highest BCUT2D eigenvalue weighted by Gasteiger charge is 2.21. The van der Waals surface area contributed by atoms with Crippen molar-refractivity contribution in [1.82, 2.24) is 9.88 Å². The summed E-state index contributed by atoms with van der Waals surface area (Å²) >= 11 is 0. The molecule has 1 aromatic heterocycles. The first-order valence-corrected chi connectivity index (χ1v) is 5.46. The van der Waals surface area contributed by atoms with E-state index in [0.717, 1.165) is 0 Å². The van der Waals surface area contributed by atoms with Crippen LogP contribution in [0.2, 0.25) is 0 Å². The minimum absolute atomic E-state index is 0.0928. The van der Waals surface area contributed by atoms with E-state index in [-0.39, 0.29) is 24.2 Å². The smallest absolute Gasteiger partial charge is 0.338 e. The van der Waals surface area contributed by atoms with Crippen molar-refractivity contribution >= 4 is 11.9 Å². The largest absolute Gasteiger partial charge is 0.478 e. The Morgan fingerprint density at radius 3 is 2.83 bits per heavy atom. The zero-order valence-electron chi connectivity index (χ0n) is 9.96. The van der Waals surface area contributed by atoms with Gasteiger partial charge in [-0.25, -0.2) is 4.79 Å². The lowest BCUT2D eigenvalue weighted by atomic mass is 10.1. The van der Waals surface area contributed by atoms with Crippen LogP contribution in [-0.2, 0) is 0 Å². The molecule has 0 aliphatic rings. The Morgan fingerprint density at radius 2 is 2.28 bits per heavy atom. The number of carbonyl (C=O) groups is 2. The fourth-order valence-corrected chi connectivity index (χ4v) is 1.49. The van der Waals surface area contributed by atoms with Crippen molar-refractivity contribution < 1.29 is 14.7 Å². The maximum absolute atomic E-state index is 12.1. The van der Waals surface area contributed by atoms with Gasteiger partial charge in [0.1, 0.15) is 5.69 Å². The minimum atomic E-state index is -1.19. The van der Waals surface area contributed by atoms with Crippen molar-refractivity contribution in [2.24, 2.45) is 0 Å². The molecule has 1 N–H and O–H groups in total. The van der Waals surface area contributed by atoms with Crippen molar-refractivity contribution in [3.63, 3.8) is 0 Å². The van der Waals surface area contributed by atoms with E-state index in [2.05, 4.69) is 4.98 Å². The minimum Gasteiger partial charge on any atom is -0.478 e. The highest BCUT2D eigenvalue weighted by Crippen LogP contribution is 2.09. The van der Waals surface area contributed by atoms with Gasteiger partial charge in [-0.1, -0.05) is 0 Å². The predicted octanol–water partition coefficient (Wildman–Crippen LogP) is 1.16. The number of rotatable bonds is 5. The Morgan fingerprint density at radius 1 is 1.56 bits per heavy atom. The molecule has 1 amide bonds. The summed E-state index contributed by atoms with van der Waals surface area (Å²) in [6.07, 6.45) is 1.58. The molecular formula is C12H13N3O3. The van der Waals surface area contributed by atoms with Gasteiger partial charge in [-0.15, -0.1) is 0 Å². The van der Waals surface area contributed by atoms with E-state index < -0.39 is 11.9 Å². The summed E-state index contributed by atoms with van der Waals surface area (Å²) in [5.74, 6) is -1.66. The number of carboxylic acid groups (broad SMARTS) is 1. The summed E-state index contributed by atoms with van der Waals surface area (Å²) in [5, 5.41) is 17.5. The summed E-state index contributed by atoms with van der Waals surface area (Å²) < 4.78 is 0. The highest BCUT2D eigenvalue weighted by atomic mass is 16.4. The quantitative estimate of drug-likeness (QED) is 0.842. The number of carbonyl (C=O) groups excluding carboxylic acids is 1. The maximum atomic E-state index is 12.1. The third-order valence-corrected chi connectivity index (χ3v) is 2.40. The van der Waals surface area contributed by atoms with Crippen LogP contribution in [0, 0.1) is 11.3 Å². The highest BCUT2D eigenvalue weighted by molar-refractivity contribution is 6.03. The maximum Gasteiger partial charge on any atom is 0.338 e. The van der Waals surface area contributed by atoms with E-state index >= 15 is 0 Å². The van der Waals surface area contributed by atoms with E-state index in [9.17, 15) is 9.59 Å². The summed E-state index contributed by atoms with van der Waals surface area (Å²) in [6.45, 7) is 2.43. The van der Waals surface area contributed by atoms with E-state index in [1.807, 2.05) is 6.07 Å². The molecule has 0 fully saturated rings. The Labute approximate surface area is 104 Å². The number of pyridine rings is 1. The van der Waals surface area contributed by atoms with Gasteiger partial charge in [-0.3, -0.25) is 9.78 Å². The van der Waals surface area contributed by atoms with Gasteiger partial charge in [0.05, 0.1) is 18.1 Å². The van der Waals surface area contributed by atoms with Gasteiger partial charge in [-0.2, -0.15) is 5.26 Å². The normalized spacial score (nSPS) is 9.56. The van der Waals surface area contributed by atoms with Gasteiger partial charge < -0.3 is 10.0 Å². The molecule has 1 rings (SSSR count). The fraction of sp³-hybridized carbons (Fsp3) is 0.333. The van der Waals surface area contributed by atoms with Crippen LogP contribution in [-0.4, -0.2) is 40.0 Å². The second-order valence-electron chi connectivity index (χ2n) is 3.50. The SMILES string of the molecule is CCN(CCC#N)C(=O)c1ncccc1C(=O)O. The molecule has 0 radical (unpaired) electrons. The zero-order valence-corrected chi connectivity index (χ0v) is 9.96. The summed E-state index contributed by atoms with van der Waals surface area (Å²) in [7, 11) is 0. The fourth-order valence-electron chi connectivity index (χ4n) is 1.49. The molecule has 0 unspecified atom stereocenters. The lowest BCUT2D eigenvalue weighted by Gasteiger charge is -2.19. The summed E-state index contributed by atoms with van der Waals surface area (Å²) in [6, 6.07) is 4.74. The topological polar surface area (TPSA) is 94.3 Å². The Balaban J connectivity index is 3.02. The van der Waals surface area contributed by atoms with E-state index in [1.165, 1.54) is 23.2 Å². The van der Waals surface area contributed by atoms with Gasteiger partial charge in [0.15, 0.2) is 0 Å². The Bertz CT molecular complexity index is 494. The number of nitriles is 1. The molecular weight excluding hydrogens is 234 g/mol. The monoisotopic (exact) mass is 247 g/mol. The molecule has 0 bridgehead atoms. The van der Waals surface area contributed by atoms with Crippen LogP contribution >= 0.6 is 0 Å². The molecule has 0 saturated carbocycles. The summed E-state index contributed by atoms with van der Waals surface area (Å²) in [5.41, 5.74) is -0.220. The van der Waals surface area contributed by atoms with Gasteiger partial charge >= 0.3 is 5.97 Å². The molecule has 1 aromatic rings. The number of hydrogen-bond acceptors (Lipinski definition) is 4. The number of nitrogens with zero attached hydrogens (tertiary/aromatic N) is 3. The van der Waals surface area contributed by atoms with Crippen LogP contribution < -0.4 is 0 Å². The molecule has 18 heavy (non-hydrogen) atoms. The first-order chi connectivity index (χ1) is 8.61. The van der Waals surface area contributed by atoms with Gasteiger partial charge in [0.2, 0.25) is 0 Å².